The Hall–Kier alpha value is -1.14. The van der Waals surface area contributed by atoms with Crippen molar-refractivity contribution in [3.63, 3.8) is 0 Å². The Balaban J connectivity index is 1.73. The van der Waals surface area contributed by atoms with Gasteiger partial charge in [0, 0.05) is 6.42 Å². The van der Waals surface area contributed by atoms with Gasteiger partial charge in [-0.3, -0.25) is 0 Å². The summed E-state index contributed by atoms with van der Waals surface area (Å²) in [6, 6.07) is 3.63. The quantitative estimate of drug-likeness (QED) is 0.941. The third-order valence-electron chi connectivity index (χ3n) is 2.89. The van der Waals surface area contributed by atoms with Gasteiger partial charge in [-0.1, -0.05) is 5.16 Å². The zero-order valence-electron chi connectivity index (χ0n) is 9.15. The van der Waals surface area contributed by atoms with Gasteiger partial charge < -0.3 is 14.3 Å². The highest BCUT2D eigenvalue weighted by Gasteiger charge is 2.19. The fourth-order valence-electron chi connectivity index (χ4n) is 2.01. The highest BCUT2D eigenvalue weighted by atomic mass is 79.9. The maximum atomic E-state index is 5.37. The van der Waals surface area contributed by atoms with Crippen LogP contribution in [0.15, 0.2) is 25.7 Å². The molecule has 1 unspecified atom stereocenters. The van der Waals surface area contributed by atoms with Crippen molar-refractivity contribution in [1.82, 2.24) is 15.5 Å². The summed E-state index contributed by atoms with van der Waals surface area (Å²) in [5.41, 5.74) is 0. The molecule has 0 aromatic carbocycles. The van der Waals surface area contributed by atoms with Crippen LogP contribution < -0.4 is 5.32 Å². The molecule has 1 aliphatic heterocycles. The van der Waals surface area contributed by atoms with Crippen molar-refractivity contribution < 1.29 is 8.94 Å². The zero-order chi connectivity index (χ0) is 11.7. The van der Waals surface area contributed by atoms with Crippen LogP contribution in [0.2, 0.25) is 0 Å². The molecule has 0 aliphatic carbocycles. The second kappa shape index (κ2) is 4.62. The van der Waals surface area contributed by atoms with Gasteiger partial charge in [-0.05, 0) is 53.5 Å². The third kappa shape index (κ3) is 2.42. The minimum absolute atomic E-state index is 0.511. The van der Waals surface area contributed by atoms with E-state index < -0.39 is 0 Å². The number of aromatic nitrogens is 2. The summed E-state index contributed by atoms with van der Waals surface area (Å²) >= 11 is 3.25. The van der Waals surface area contributed by atoms with Crippen LogP contribution in [0.5, 0.6) is 0 Å². The van der Waals surface area contributed by atoms with E-state index in [-0.39, 0.29) is 0 Å². The largest absolute Gasteiger partial charge is 0.446 e. The molecular formula is C11H12BrN3O2. The van der Waals surface area contributed by atoms with Crippen LogP contribution in [0.25, 0.3) is 11.6 Å². The molecule has 1 N–H and O–H groups in total. The predicted molar refractivity (Wildman–Crippen MR) is 64.4 cm³/mol. The second-order valence-electron chi connectivity index (χ2n) is 4.18. The van der Waals surface area contributed by atoms with Gasteiger partial charge in [0.25, 0.3) is 0 Å². The Morgan fingerprint density at radius 1 is 1.47 bits per heavy atom. The van der Waals surface area contributed by atoms with E-state index in [1.54, 1.807) is 0 Å². The zero-order valence-corrected chi connectivity index (χ0v) is 10.7. The van der Waals surface area contributed by atoms with Crippen LogP contribution in [0.1, 0.15) is 12.3 Å². The van der Waals surface area contributed by atoms with Crippen molar-refractivity contribution in [1.29, 1.82) is 0 Å². The van der Waals surface area contributed by atoms with Crippen LogP contribution in [-0.2, 0) is 6.42 Å². The summed E-state index contributed by atoms with van der Waals surface area (Å²) in [6.07, 6.45) is 2.01. The Morgan fingerprint density at radius 3 is 3.12 bits per heavy atom. The minimum atomic E-state index is 0.511. The number of hydrogen-bond acceptors (Lipinski definition) is 5. The lowest BCUT2D eigenvalue weighted by atomic mass is 10.1. The molecule has 2 aromatic rings. The maximum absolute atomic E-state index is 5.37. The summed E-state index contributed by atoms with van der Waals surface area (Å²) in [7, 11) is 0. The maximum Gasteiger partial charge on any atom is 0.238 e. The van der Waals surface area contributed by atoms with E-state index in [4.69, 9.17) is 8.94 Å². The first-order valence-corrected chi connectivity index (χ1v) is 6.39. The highest BCUT2D eigenvalue weighted by molar-refractivity contribution is 9.10. The summed E-state index contributed by atoms with van der Waals surface area (Å²) in [5.74, 6) is 2.42. The van der Waals surface area contributed by atoms with Gasteiger partial charge in [0.1, 0.15) is 0 Å². The SMILES string of the molecule is Brc1ccc(-c2noc(CC3CCNC3)n2)o1. The van der Waals surface area contributed by atoms with Crippen molar-refractivity contribution in [3.05, 3.63) is 22.7 Å². The van der Waals surface area contributed by atoms with E-state index in [0.29, 0.717) is 28.1 Å². The Morgan fingerprint density at radius 2 is 2.41 bits per heavy atom. The monoisotopic (exact) mass is 297 g/mol. The first kappa shape index (κ1) is 11.0. The summed E-state index contributed by atoms with van der Waals surface area (Å²) in [4.78, 5) is 4.34. The first-order valence-electron chi connectivity index (χ1n) is 5.60. The molecule has 2 aromatic heterocycles. The molecule has 1 atom stereocenters. The number of hydrogen-bond donors (Lipinski definition) is 1. The average Bonchev–Trinajstić information content (AvgIpc) is 2.99. The first-order chi connectivity index (χ1) is 8.31. The number of nitrogens with zero attached hydrogens (tertiary/aromatic N) is 2. The Bertz CT molecular complexity index is 502. The van der Waals surface area contributed by atoms with Gasteiger partial charge >= 0.3 is 0 Å². The smallest absolute Gasteiger partial charge is 0.238 e. The molecule has 1 fully saturated rings. The Kier molecular flexibility index (Phi) is 2.98. The molecule has 3 rings (SSSR count). The van der Waals surface area contributed by atoms with E-state index in [0.717, 1.165) is 19.5 Å². The van der Waals surface area contributed by atoms with Gasteiger partial charge in [-0.25, -0.2) is 0 Å². The van der Waals surface area contributed by atoms with E-state index in [1.165, 1.54) is 6.42 Å². The van der Waals surface area contributed by atoms with E-state index in [9.17, 15) is 0 Å². The predicted octanol–water partition coefficient (Wildman–Crippen LogP) is 2.24. The van der Waals surface area contributed by atoms with Gasteiger partial charge in [-0.15, -0.1) is 0 Å². The van der Waals surface area contributed by atoms with Crippen molar-refractivity contribution in [3.8, 4) is 11.6 Å². The summed E-state index contributed by atoms with van der Waals surface area (Å²) < 4.78 is 11.3. The van der Waals surface area contributed by atoms with Crippen LogP contribution >= 0.6 is 15.9 Å². The van der Waals surface area contributed by atoms with Crippen molar-refractivity contribution in [2.45, 2.75) is 12.8 Å². The fourth-order valence-corrected chi connectivity index (χ4v) is 2.31. The van der Waals surface area contributed by atoms with Crippen LogP contribution in [-0.4, -0.2) is 23.2 Å². The lowest BCUT2D eigenvalue weighted by molar-refractivity contribution is 0.357. The molecule has 5 nitrogen and oxygen atoms in total. The Labute approximate surface area is 107 Å². The van der Waals surface area contributed by atoms with Crippen LogP contribution in [0.3, 0.4) is 0 Å². The molecule has 0 bridgehead atoms. The summed E-state index contributed by atoms with van der Waals surface area (Å²) in [6.45, 7) is 2.11. The van der Waals surface area contributed by atoms with Crippen LogP contribution in [0.4, 0.5) is 0 Å². The molecular weight excluding hydrogens is 286 g/mol. The van der Waals surface area contributed by atoms with Crippen molar-refractivity contribution in [2.24, 2.45) is 5.92 Å². The van der Waals surface area contributed by atoms with Gasteiger partial charge in [0.2, 0.25) is 11.7 Å². The number of furan rings is 1. The molecule has 17 heavy (non-hydrogen) atoms. The molecule has 3 heterocycles. The lowest BCUT2D eigenvalue weighted by Gasteiger charge is -2.01. The van der Waals surface area contributed by atoms with Crippen molar-refractivity contribution >= 4 is 15.9 Å². The van der Waals surface area contributed by atoms with Crippen LogP contribution in [0, 0.1) is 5.92 Å². The fraction of sp³-hybridized carbons (Fsp3) is 0.455. The third-order valence-corrected chi connectivity index (χ3v) is 3.31. The topological polar surface area (TPSA) is 64.1 Å². The van der Waals surface area contributed by atoms with Gasteiger partial charge in [0.05, 0.1) is 0 Å². The molecule has 0 amide bonds. The number of nitrogens with one attached hydrogen (secondary N) is 1. The molecule has 0 saturated carbocycles. The van der Waals surface area contributed by atoms with E-state index >= 15 is 0 Å². The van der Waals surface area contributed by atoms with Gasteiger partial charge in [0.15, 0.2) is 10.4 Å². The molecule has 6 heteroatoms. The van der Waals surface area contributed by atoms with E-state index in [1.807, 2.05) is 12.1 Å². The average molecular weight is 298 g/mol. The molecule has 0 spiro atoms. The van der Waals surface area contributed by atoms with Crippen molar-refractivity contribution in [2.75, 3.05) is 13.1 Å². The summed E-state index contributed by atoms with van der Waals surface area (Å²) in [5, 5.41) is 7.24. The normalized spacial score (nSPS) is 19.9. The molecule has 1 aliphatic rings. The highest BCUT2D eigenvalue weighted by Crippen LogP contribution is 2.23. The minimum Gasteiger partial charge on any atom is -0.446 e. The second-order valence-corrected chi connectivity index (χ2v) is 4.96. The number of halogens is 1. The molecule has 0 radical (unpaired) electrons. The lowest BCUT2D eigenvalue weighted by Crippen LogP contribution is -2.10. The number of rotatable bonds is 3. The van der Waals surface area contributed by atoms with Gasteiger partial charge in [-0.2, -0.15) is 4.98 Å². The molecule has 1 saturated heterocycles. The standard InChI is InChI=1S/C11H12BrN3O2/c12-9-2-1-8(16-9)11-14-10(17-15-11)5-7-3-4-13-6-7/h1-2,7,13H,3-6H2. The molecule has 90 valence electrons. The van der Waals surface area contributed by atoms with E-state index in [2.05, 4.69) is 31.4 Å².